The maximum Gasteiger partial charge on any atom is 0.294 e. The lowest BCUT2D eigenvalue weighted by Gasteiger charge is -2.18. The Hall–Kier alpha value is -2.55. The molecule has 0 aliphatic carbocycles. The molecule has 2 heterocycles. The van der Waals surface area contributed by atoms with Gasteiger partial charge in [-0.1, -0.05) is 11.8 Å². The van der Waals surface area contributed by atoms with E-state index in [1.54, 1.807) is 18.2 Å². The number of ketones is 1. The maximum atomic E-state index is 12.3. The van der Waals surface area contributed by atoms with Crippen molar-refractivity contribution in [1.82, 2.24) is 14.9 Å². The molecule has 0 unspecified atom stereocenters. The Bertz CT molecular complexity index is 821. The van der Waals surface area contributed by atoms with E-state index in [9.17, 15) is 9.59 Å². The first-order valence-electron chi connectivity index (χ1n) is 6.83. The van der Waals surface area contributed by atoms with E-state index in [1.807, 2.05) is 0 Å². The predicted molar refractivity (Wildman–Crippen MR) is 83.7 cm³/mol. The summed E-state index contributed by atoms with van der Waals surface area (Å²) in [5.74, 6) is 6.75. The van der Waals surface area contributed by atoms with E-state index in [0.717, 1.165) is 16.4 Å². The summed E-state index contributed by atoms with van der Waals surface area (Å²) in [5.41, 5.74) is 0.261. The lowest BCUT2D eigenvalue weighted by Crippen LogP contribution is -2.32. The topological polar surface area (TPSA) is 109 Å². The molecule has 2 aromatic rings. The van der Waals surface area contributed by atoms with Gasteiger partial charge in [-0.25, -0.2) is 0 Å². The Morgan fingerprint density at radius 2 is 2.04 bits per heavy atom. The van der Waals surface area contributed by atoms with E-state index in [0.29, 0.717) is 30.3 Å². The summed E-state index contributed by atoms with van der Waals surface area (Å²) in [6, 6.07) is 5.03. The molecule has 8 nitrogen and oxygen atoms in total. The van der Waals surface area contributed by atoms with Crippen molar-refractivity contribution in [3.8, 4) is 11.5 Å². The van der Waals surface area contributed by atoms with Gasteiger partial charge < -0.3 is 15.3 Å². The summed E-state index contributed by atoms with van der Waals surface area (Å²) >= 11 is 1.05. The van der Waals surface area contributed by atoms with Crippen molar-refractivity contribution in [2.45, 2.75) is 12.1 Å². The molecular weight excluding hydrogens is 320 g/mol. The van der Waals surface area contributed by atoms with Crippen LogP contribution in [0.5, 0.6) is 11.5 Å². The molecule has 3 rings (SSSR count). The molecule has 0 spiro atoms. The molecule has 1 aromatic heterocycles. The lowest BCUT2D eigenvalue weighted by molar-refractivity contribution is 0.102. The van der Waals surface area contributed by atoms with E-state index < -0.39 is 5.56 Å². The summed E-state index contributed by atoms with van der Waals surface area (Å²) < 4.78 is 11.8. The van der Waals surface area contributed by atoms with Gasteiger partial charge in [-0.15, -0.1) is 10.2 Å². The molecule has 0 saturated carbocycles. The Kier molecular flexibility index (Phi) is 4.20. The molecule has 0 saturated heterocycles. The number of nitrogen functional groups attached to an aromatic ring is 1. The highest BCUT2D eigenvalue weighted by Gasteiger charge is 2.16. The molecule has 0 atom stereocenters. The number of ether oxygens (including phenoxy) is 2. The number of aromatic nitrogens is 3. The van der Waals surface area contributed by atoms with Crippen LogP contribution in [0, 0.1) is 6.92 Å². The van der Waals surface area contributed by atoms with Gasteiger partial charge in [0.05, 0.1) is 5.75 Å². The van der Waals surface area contributed by atoms with Crippen molar-refractivity contribution >= 4 is 17.5 Å². The Balaban J connectivity index is 1.73. The summed E-state index contributed by atoms with van der Waals surface area (Å²) in [6.45, 7) is 2.47. The van der Waals surface area contributed by atoms with Crippen molar-refractivity contribution in [3.63, 3.8) is 0 Å². The van der Waals surface area contributed by atoms with E-state index in [-0.39, 0.29) is 22.4 Å². The number of Topliss-reactive ketones (excluding diaryl/α,β-unsaturated/α-hetero) is 1. The van der Waals surface area contributed by atoms with Crippen molar-refractivity contribution in [2.24, 2.45) is 0 Å². The first-order valence-corrected chi connectivity index (χ1v) is 7.82. The molecule has 2 N–H and O–H groups in total. The quantitative estimate of drug-likeness (QED) is 0.486. The number of nitrogens with zero attached hydrogens (tertiary/aromatic N) is 3. The van der Waals surface area contributed by atoms with Crippen LogP contribution in [0.15, 0.2) is 28.2 Å². The SMILES string of the molecule is Cc1nnc(SCC(=O)c2ccc3c(c2)OCCO3)n(N)c1=O. The number of rotatable bonds is 4. The second-order valence-electron chi connectivity index (χ2n) is 4.81. The van der Waals surface area contributed by atoms with E-state index in [2.05, 4.69) is 10.2 Å². The van der Waals surface area contributed by atoms with Gasteiger partial charge >= 0.3 is 0 Å². The fourth-order valence-corrected chi connectivity index (χ4v) is 2.75. The van der Waals surface area contributed by atoms with Gasteiger partial charge in [-0.2, -0.15) is 4.68 Å². The third-order valence-corrected chi connectivity index (χ3v) is 4.16. The van der Waals surface area contributed by atoms with Crippen molar-refractivity contribution in [2.75, 3.05) is 24.8 Å². The fourth-order valence-electron chi connectivity index (χ4n) is 2.00. The number of nitrogens with two attached hydrogens (primary N) is 1. The third kappa shape index (κ3) is 3.14. The normalized spacial score (nSPS) is 12.9. The number of carbonyl (C=O) groups excluding carboxylic acids is 1. The maximum absolute atomic E-state index is 12.3. The zero-order valence-electron chi connectivity index (χ0n) is 12.3. The number of fused-ring (bicyclic) bond motifs is 1. The molecule has 1 aromatic carbocycles. The second kappa shape index (κ2) is 6.29. The largest absolute Gasteiger partial charge is 0.486 e. The van der Waals surface area contributed by atoms with Gasteiger partial charge in [-0.05, 0) is 25.1 Å². The van der Waals surface area contributed by atoms with Crippen LogP contribution in [-0.2, 0) is 0 Å². The molecule has 120 valence electrons. The molecule has 0 amide bonds. The molecule has 0 fully saturated rings. The molecule has 23 heavy (non-hydrogen) atoms. The number of benzene rings is 1. The first kappa shape index (κ1) is 15.3. The lowest BCUT2D eigenvalue weighted by atomic mass is 10.1. The van der Waals surface area contributed by atoms with Gasteiger partial charge in [0.2, 0.25) is 5.16 Å². The standard InChI is InChI=1S/C14H14N4O4S/c1-8-13(20)18(15)14(17-16-8)23-7-10(19)9-2-3-11-12(6-9)22-5-4-21-11/h2-3,6H,4-5,7,15H2,1H3. The Morgan fingerprint density at radius 3 is 2.83 bits per heavy atom. The smallest absolute Gasteiger partial charge is 0.294 e. The minimum atomic E-state index is -0.436. The molecular formula is C14H14N4O4S. The van der Waals surface area contributed by atoms with Crippen molar-refractivity contribution in [1.29, 1.82) is 0 Å². The Morgan fingerprint density at radius 1 is 1.30 bits per heavy atom. The van der Waals surface area contributed by atoms with Crippen molar-refractivity contribution < 1.29 is 14.3 Å². The van der Waals surface area contributed by atoms with Crippen LogP contribution < -0.4 is 20.9 Å². The van der Waals surface area contributed by atoms with Crippen LogP contribution in [0.2, 0.25) is 0 Å². The van der Waals surface area contributed by atoms with E-state index >= 15 is 0 Å². The summed E-state index contributed by atoms with van der Waals surface area (Å²) in [7, 11) is 0. The van der Waals surface area contributed by atoms with Gasteiger partial charge in [0, 0.05) is 5.56 Å². The van der Waals surface area contributed by atoms with Crippen LogP contribution >= 0.6 is 11.8 Å². The minimum Gasteiger partial charge on any atom is -0.486 e. The molecule has 1 aliphatic rings. The van der Waals surface area contributed by atoms with E-state index in [1.165, 1.54) is 6.92 Å². The summed E-state index contributed by atoms with van der Waals surface area (Å²) in [6.07, 6.45) is 0. The molecule has 0 bridgehead atoms. The van der Waals surface area contributed by atoms with Gasteiger partial charge in [0.15, 0.2) is 17.3 Å². The number of hydrogen-bond acceptors (Lipinski definition) is 8. The zero-order valence-corrected chi connectivity index (χ0v) is 13.1. The average Bonchev–Trinajstić information content (AvgIpc) is 2.58. The zero-order chi connectivity index (χ0) is 16.4. The molecule has 0 radical (unpaired) electrons. The number of hydrogen-bond donors (Lipinski definition) is 1. The third-order valence-electron chi connectivity index (χ3n) is 3.22. The predicted octanol–water partition coefficient (Wildman–Crippen LogP) is 0.407. The van der Waals surface area contributed by atoms with E-state index in [4.69, 9.17) is 15.3 Å². The van der Waals surface area contributed by atoms with Gasteiger partial charge in [-0.3, -0.25) is 9.59 Å². The van der Waals surface area contributed by atoms with Gasteiger partial charge in [0.25, 0.3) is 5.56 Å². The fraction of sp³-hybridized carbons (Fsp3) is 0.286. The highest BCUT2D eigenvalue weighted by Crippen LogP contribution is 2.31. The molecule has 9 heteroatoms. The monoisotopic (exact) mass is 334 g/mol. The molecule has 1 aliphatic heterocycles. The highest BCUT2D eigenvalue weighted by molar-refractivity contribution is 7.99. The minimum absolute atomic E-state index is 0.0774. The van der Waals surface area contributed by atoms with Crippen molar-refractivity contribution in [3.05, 3.63) is 39.8 Å². The second-order valence-corrected chi connectivity index (χ2v) is 5.76. The highest BCUT2D eigenvalue weighted by atomic mass is 32.2. The van der Waals surface area contributed by atoms with Gasteiger partial charge in [0.1, 0.15) is 18.9 Å². The summed E-state index contributed by atoms with van der Waals surface area (Å²) in [4.78, 5) is 23.9. The number of aryl methyl sites for hydroxylation is 1. The van der Waals surface area contributed by atoms with Crippen LogP contribution in [-0.4, -0.2) is 39.6 Å². The van der Waals surface area contributed by atoms with Crippen LogP contribution in [0.3, 0.4) is 0 Å². The number of carbonyl (C=O) groups is 1. The Labute approximate surface area is 135 Å². The first-order chi connectivity index (χ1) is 11.1. The van der Waals surface area contributed by atoms with Crippen LogP contribution in [0.25, 0.3) is 0 Å². The number of thioether (sulfide) groups is 1. The van der Waals surface area contributed by atoms with Crippen LogP contribution in [0.1, 0.15) is 16.1 Å². The summed E-state index contributed by atoms with van der Waals surface area (Å²) in [5, 5.41) is 7.73. The average molecular weight is 334 g/mol. The van der Waals surface area contributed by atoms with Crippen LogP contribution in [0.4, 0.5) is 0 Å².